The van der Waals surface area contributed by atoms with Crippen molar-refractivity contribution < 1.29 is 8.83 Å². The summed E-state index contributed by atoms with van der Waals surface area (Å²) in [5.74, 6) is 0. The Morgan fingerprint density at radius 3 is 1.33 bits per heavy atom. The largest absolute Gasteiger partial charge is 0.455 e. The van der Waals surface area contributed by atoms with Crippen LogP contribution >= 0.6 is 0 Å². The van der Waals surface area contributed by atoms with Crippen molar-refractivity contribution in [2.24, 2.45) is 0 Å². The molecule has 0 atom stereocenters. The Labute approximate surface area is 339 Å². The number of rotatable bonds is 4. The Bertz CT molecular complexity index is 3030. The molecule has 11 aromatic rings. The minimum Gasteiger partial charge on any atom is -0.455 e. The highest BCUT2D eigenvalue weighted by Crippen LogP contribution is 2.41. The van der Waals surface area contributed by atoms with Gasteiger partial charge >= 0.3 is 0 Å². The second kappa shape index (κ2) is 16.1. The lowest BCUT2D eigenvalue weighted by Gasteiger charge is -2.03. The Morgan fingerprint density at radius 1 is 0.345 bits per heavy atom. The van der Waals surface area contributed by atoms with Gasteiger partial charge in [-0.05, 0) is 94.9 Å². The summed E-state index contributed by atoms with van der Waals surface area (Å²) in [4.78, 5) is 0. The molecule has 0 N–H and O–H groups in total. The van der Waals surface area contributed by atoms with Gasteiger partial charge in [-0.25, -0.2) is 0 Å². The second-order valence-electron chi connectivity index (χ2n) is 14.9. The van der Waals surface area contributed by atoms with Crippen molar-refractivity contribution in [1.29, 1.82) is 0 Å². The van der Waals surface area contributed by atoms with E-state index in [1.54, 1.807) is 0 Å². The summed E-state index contributed by atoms with van der Waals surface area (Å²) in [7, 11) is 0. The van der Waals surface area contributed by atoms with Crippen LogP contribution in [0.4, 0.5) is 0 Å². The molecular formula is C56H44O2. The molecule has 0 unspecified atom stereocenters. The monoisotopic (exact) mass is 748 g/mol. The molecule has 0 saturated carbocycles. The van der Waals surface area contributed by atoms with E-state index < -0.39 is 0 Å². The maximum absolute atomic E-state index is 6.44. The molecule has 2 heterocycles. The van der Waals surface area contributed by atoms with Crippen LogP contribution in [-0.2, 0) is 6.42 Å². The summed E-state index contributed by atoms with van der Waals surface area (Å²) >= 11 is 0. The molecule has 2 heteroatoms. The van der Waals surface area contributed by atoms with E-state index in [0.717, 1.165) is 61.1 Å². The first-order valence-electron chi connectivity index (χ1n) is 20.0. The molecule has 0 radical (unpaired) electrons. The van der Waals surface area contributed by atoms with Crippen LogP contribution in [0.3, 0.4) is 0 Å². The predicted octanol–water partition coefficient (Wildman–Crippen LogP) is 16.2. The minimum atomic E-state index is 0.889. The number of aryl methyl sites for hydroxylation is 3. The van der Waals surface area contributed by atoms with Gasteiger partial charge in [-0.1, -0.05) is 188 Å². The van der Waals surface area contributed by atoms with E-state index in [1.165, 1.54) is 50.1 Å². The summed E-state index contributed by atoms with van der Waals surface area (Å²) in [5.41, 5.74) is 15.1. The standard InChI is InChI=1S/C30H20O2.2C13H12/c1-2-18-7-9-19(10-8-18)21-13-16-27-25(17-21)24-15-12-20-11-14-23-22-5-3-4-6-26(22)31-29(23)28(20)30(24)32-27;2*1-11-7-9-13(10-8-11)12-5-3-2-4-6-12/h3-17H,2H2,1H3;2*2-10H,1H3. The molecular weight excluding hydrogens is 705 g/mol. The third kappa shape index (κ3) is 7.41. The molecule has 0 spiro atoms. The number of hydrogen-bond acceptors (Lipinski definition) is 2. The summed E-state index contributed by atoms with van der Waals surface area (Å²) in [5, 5.41) is 6.67. The zero-order chi connectivity index (χ0) is 39.4. The first-order chi connectivity index (χ1) is 28.5. The van der Waals surface area contributed by atoms with Gasteiger partial charge in [0.2, 0.25) is 0 Å². The fourth-order valence-corrected chi connectivity index (χ4v) is 7.68. The van der Waals surface area contributed by atoms with E-state index in [1.807, 2.05) is 24.3 Å². The molecule has 280 valence electrons. The van der Waals surface area contributed by atoms with Gasteiger partial charge in [-0.3, -0.25) is 0 Å². The predicted molar refractivity (Wildman–Crippen MR) is 247 cm³/mol. The Kier molecular flexibility index (Phi) is 10.1. The van der Waals surface area contributed by atoms with E-state index in [0.29, 0.717) is 0 Å². The lowest BCUT2D eigenvalue weighted by Crippen LogP contribution is -1.81. The number of fused-ring (bicyclic) bond motifs is 9. The average molecular weight is 749 g/mol. The van der Waals surface area contributed by atoms with Crippen molar-refractivity contribution in [2.75, 3.05) is 0 Å². The molecule has 11 rings (SSSR count). The summed E-state index contributed by atoms with van der Waals surface area (Å²) in [6.45, 7) is 6.39. The van der Waals surface area contributed by atoms with Gasteiger partial charge in [0.05, 0.1) is 5.39 Å². The number of furan rings is 2. The Hall–Kier alpha value is -7.16. The lowest BCUT2D eigenvalue weighted by molar-refractivity contribution is 0.663. The van der Waals surface area contributed by atoms with Gasteiger partial charge in [0.25, 0.3) is 0 Å². The quantitative estimate of drug-likeness (QED) is 0.179. The second-order valence-corrected chi connectivity index (χ2v) is 14.9. The highest BCUT2D eigenvalue weighted by atomic mass is 16.3. The van der Waals surface area contributed by atoms with Crippen LogP contribution in [-0.4, -0.2) is 0 Å². The van der Waals surface area contributed by atoms with Crippen molar-refractivity contribution in [1.82, 2.24) is 0 Å². The van der Waals surface area contributed by atoms with Gasteiger partial charge in [-0.2, -0.15) is 0 Å². The van der Waals surface area contributed by atoms with Crippen LogP contribution in [0, 0.1) is 13.8 Å². The molecule has 0 aliphatic carbocycles. The third-order valence-electron chi connectivity index (χ3n) is 11.0. The normalized spacial score (nSPS) is 11.1. The summed E-state index contributed by atoms with van der Waals surface area (Å²) < 4.78 is 12.8. The first-order valence-corrected chi connectivity index (χ1v) is 20.0. The van der Waals surface area contributed by atoms with Gasteiger partial charge in [0, 0.05) is 21.5 Å². The van der Waals surface area contributed by atoms with E-state index in [9.17, 15) is 0 Å². The topological polar surface area (TPSA) is 26.3 Å². The van der Waals surface area contributed by atoms with Crippen LogP contribution in [0.5, 0.6) is 0 Å². The van der Waals surface area contributed by atoms with Gasteiger partial charge in [-0.15, -0.1) is 0 Å². The summed E-state index contributed by atoms with van der Waals surface area (Å²) in [6.07, 6.45) is 1.05. The van der Waals surface area contributed by atoms with Crippen LogP contribution in [0.1, 0.15) is 23.6 Å². The minimum absolute atomic E-state index is 0.889. The van der Waals surface area contributed by atoms with Crippen molar-refractivity contribution in [3.05, 3.63) is 217 Å². The molecule has 0 aliphatic rings. The molecule has 0 fully saturated rings. The van der Waals surface area contributed by atoms with Gasteiger partial charge in [0.15, 0.2) is 0 Å². The van der Waals surface area contributed by atoms with Gasteiger partial charge in [0.1, 0.15) is 22.3 Å². The fourth-order valence-electron chi connectivity index (χ4n) is 7.68. The molecule has 2 nitrogen and oxygen atoms in total. The maximum atomic E-state index is 6.44. The molecule has 2 aromatic heterocycles. The zero-order valence-corrected chi connectivity index (χ0v) is 33.1. The first kappa shape index (κ1) is 36.5. The highest BCUT2D eigenvalue weighted by Gasteiger charge is 2.17. The molecule has 0 amide bonds. The van der Waals surface area contributed by atoms with E-state index in [2.05, 4.69) is 197 Å². The molecule has 0 bridgehead atoms. The maximum Gasteiger partial charge on any atom is 0.147 e. The van der Waals surface area contributed by atoms with Crippen LogP contribution < -0.4 is 0 Å². The molecule has 0 saturated heterocycles. The molecule has 0 aliphatic heterocycles. The van der Waals surface area contributed by atoms with Crippen molar-refractivity contribution in [2.45, 2.75) is 27.2 Å². The van der Waals surface area contributed by atoms with E-state index in [-0.39, 0.29) is 0 Å². The van der Waals surface area contributed by atoms with Crippen LogP contribution in [0.25, 0.3) is 88.0 Å². The number of para-hydroxylation sites is 1. The SMILES string of the molecule is CCc1ccc(-c2ccc3oc4c(ccc5ccc6c7ccccc7oc6c54)c3c2)cc1.Cc1ccc(-c2ccccc2)cc1.Cc1ccc(-c2ccccc2)cc1. The van der Waals surface area contributed by atoms with Crippen molar-refractivity contribution in [3.8, 4) is 33.4 Å². The van der Waals surface area contributed by atoms with Crippen molar-refractivity contribution in [3.63, 3.8) is 0 Å². The smallest absolute Gasteiger partial charge is 0.147 e. The Morgan fingerprint density at radius 2 is 0.776 bits per heavy atom. The van der Waals surface area contributed by atoms with Crippen molar-refractivity contribution >= 4 is 54.6 Å². The lowest BCUT2D eigenvalue weighted by atomic mass is 9.99. The average Bonchev–Trinajstić information content (AvgIpc) is 3.86. The molecule has 9 aromatic carbocycles. The summed E-state index contributed by atoms with van der Waals surface area (Å²) in [6, 6.07) is 70.2. The number of benzene rings is 9. The van der Waals surface area contributed by atoms with Crippen LogP contribution in [0.2, 0.25) is 0 Å². The van der Waals surface area contributed by atoms with E-state index >= 15 is 0 Å². The fraction of sp³-hybridized carbons (Fsp3) is 0.0714. The zero-order valence-electron chi connectivity index (χ0n) is 33.1. The highest BCUT2D eigenvalue weighted by molar-refractivity contribution is 6.25. The molecule has 58 heavy (non-hydrogen) atoms. The van der Waals surface area contributed by atoms with Gasteiger partial charge < -0.3 is 8.83 Å². The van der Waals surface area contributed by atoms with E-state index in [4.69, 9.17) is 8.83 Å². The third-order valence-corrected chi connectivity index (χ3v) is 11.0. The Balaban J connectivity index is 0.000000138. The number of hydrogen-bond donors (Lipinski definition) is 0. The van der Waals surface area contributed by atoms with Crippen LogP contribution in [0.15, 0.2) is 209 Å².